The monoisotopic (exact) mass is 480 g/mol. The summed E-state index contributed by atoms with van der Waals surface area (Å²) in [5.41, 5.74) is 1.47. The van der Waals surface area contributed by atoms with Crippen LogP contribution >= 0.6 is 11.3 Å². The first-order valence-electron chi connectivity index (χ1n) is 11.4. The van der Waals surface area contributed by atoms with Crippen molar-refractivity contribution < 1.29 is 19.4 Å². The molecule has 0 radical (unpaired) electrons. The van der Waals surface area contributed by atoms with E-state index in [4.69, 9.17) is 4.74 Å². The van der Waals surface area contributed by atoms with Gasteiger partial charge in [0.25, 0.3) is 0 Å². The molecule has 180 valence electrons. The van der Waals surface area contributed by atoms with Crippen LogP contribution in [0.5, 0.6) is 0 Å². The summed E-state index contributed by atoms with van der Waals surface area (Å²) in [6.45, 7) is 5.41. The number of alkyl carbamates (subject to hydrolysis) is 1. The van der Waals surface area contributed by atoms with E-state index in [1.807, 2.05) is 60.7 Å². The number of aliphatic hydroxyl groups excluding tert-OH is 1. The first-order valence-corrected chi connectivity index (χ1v) is 12.2. The lowest BCUT2D eigenvalue weighted by atomic mass is 9.89. The van der Waals surface area contributed by atoms with Crippen LogP contribution in [0.2, 0.25) is 0 Å². The molecule has 0 aliphatic heterocycles. The number of benzene rings is 2. The summed E-state index contributed by atoms with van der Waals surface area (Å²) < 4.78 is 5.45. The number of rotatable bonds is 10. The maximum absolute atomic E-state index is 12.6. The molecule has 34 heavy (non-hydrogen) atoms. The number of aldehydes is 1. The van der Waals surface area contributed by atoms with E-state index in [0.717, 1.165) is 22.4 Å². The summed E-state index contributed by atoms with van der Waals surface area (Å²) in [5, 5.41) is 15.0. The average Bonchev–Trinajstić information content (AvgIpc) is 3.28. The van der Waals surface area contributed by atoms with E-state index in [0.29, 0.717) is 24.1 Å². The molecule has 3 aromatic rings. The molecule has 7 heteroatoms. The Bertz CT molecular complexity index is 1050. The molecule has 0 spiro atoms. The van der Waals surface area contributed by atoms with Crippen LogP contribution in [0.1, 0.15) is 58.9 Å². The molecule has 2 aromatic carbocycles. The summed E-state index contributed by atoms with van der Waals surface area (Å²) in [6, 6.07) is 19.2. The summed E-state index contributed by atoms with van der Waals surface area (Å²) in [7, 11) is 0. The predicted octanol–water partition coefficient (Wildman–Crippen LogP) is 5.17. The van der Waals surface area contributed by atoms with E-state index < -0.39 is 23.8 Å². The molecule has 0 aliphatic rings. The normalized spacial score (nSPS) is 14.1. The summed E-state index contributed by atoms with van der Waals surface area (Å²) in [6.07, 6.45) is 2.42. The van der Waals surface area contributed by atoms with Gasteiger partial charge in [-0.25, -0.2) is 9.78 Å². The van der Waals surface area contributed by atoms with Crippen molar-refractivity contribution in [3.63, 3.8) is 0 Å². The fraction of sp³-hybridized carbons (Fsp3) is 0.370. The number of aliphatic hydroxyl groups is 1. The third kappa shape index (κ3) is 8.08. The number of hydrogen-bond acceptors (Lipinski definition) is 6. The minimum absolute atomic E-state index is 0.116. The Morgan fingerprint density at radius 2 is 1.65 bits per heavy atom. The maximum Gasteiger partial charge on any atom is 0.407 e. The van der Waals surface area contributed by atoms with Gasteiger partial charge in [0, 0.05) is 12.1 Å². The number of thiazole rings is 1. The van der Waals surface area contributed by atoms with Crippen molar-refractivity contribution in [3.05, 3.63) is 87.9 Å². The number of nitrogens with zero attached hydrogens (tertiary/aromatic N) is 1. The number of carbonyl (C=O) groups is 2. The molecule has 2 N–H and O–H groups in total. The molecule has 1 amide bonds. The van der Waals surface area contributed by atoms with Crippen molar-refractivity contribution in [2.45, 2.75) is 63.7 Å². The van der Waals surface area contributed by atoms with Crippen LogP contribution in [-0.2, 0) is 17.6 Å². The van der Waals surface area contributed by atoms with Crippen molar-refractivity contribution in [2.75, 3.05) is 0 Å². The van der Waals surface area contributed by atoms with Gasteiger partial charge in [-0.05, 0) is 51.2 Å². The Morgan fingerprint density at radius 1 is 1.06 bits per heavy atom. The smallest absolute Gasteiger partial charge is 0.407 e. The highest BCUT2D eigenvalue weighted by atomic mass is 32.1. The van der Waals surface area contributed by atoms with Gasteiger partial charge in [0.1, 0.15) is 5.60 Å². The Kier molecular flexibility index (Phi) is 8.96. The van der Waals surface area contributed by atoms with Gasteiger partial charge in [0.2, 0.25) is 0 Å². The molecule has 0 saturated carbocycles. The predicted molar refractivity (Wildman–Crippen MR) is 134 cm³/mol. The summed E-state index contributed by atoms with van der Waals surface area (Å²) in [5.74, 6) is -0.116. The Hall–Kier alpha value is -3.03. The maximum atomic E-state index is 12.6. The van der Waals surface area contributed by atoms with Gasteiger partial charge in [-0.1, -0.05) is 60.7 Å². The zero-order valence-corrected chi connectivity index (χ0v) is 20.6. The van der Waals surface area contributed by atoms with E-state index in [1.165, 1.54) is 11.3 Å². The van der Waals surface area contributed by atoms with E-state index >= 15 is 0 Å². The highest BCUT2D eigenvalue weighted by Crippen LogP contribution is 2.30. The number of aromatic nitrogens is 1. The zero-order chi connectivity index (χ0) is 24.6. The Labute approximate surface area is 205 Å². The summed E-state index contributed by atoms with van der Waals surface area (Å²) in [4.78, 5) is 28.8. The quantitative estimate of drug-likeness (QED) is 0.391. The topological polar surface area (TPSA) is 88.5 Å². The highest BCUT2D eigenvalue weighted by molar-refractivity contribution is 7.13. The van der Waals surface area contributed by atoms with Crippen molar-refractivity contribution >= 4 is 23.7 Å². The summed E-state index contributed by atoms with van der Waals surface area (Å²) >= 11 is 1.34. The number of carbonyl (C=O) groups excluding carboxylic acids is 2. The molecule has 1 aromatic heterocycles. The SMILES string of the molecule is CC(C)(C)OC(=O)N[C@@H](Cc1ccccc1)[C@@H](O)C[C@@H](Cc1ccccc1)c1ncc(C=O)s1. The van der Waals surface area contributed by atoms with E-state index in [-0.39, 0.29) is 5.92 Å². The molecular weight excluding hydrogens is 448 g/mol. The van der Waals surface area contributed by atoms with Gasteiger partial charge in [-0.2, -0.15) is 0 Å². The second-order valence-electron chi connectivity index (χ2n) is 9.35. The van der Waals surface area contributed by atoms with Crippen LogP contribution in [0.15, 0.2) is 66.9 Å². The van der Waals surface area contributed by atoms with Crippen LogP contribution in [0.4, 0.5) is 4.79 Å². The fourth-order valence-electron chi connectivity index (χ4n) is 3.78. The zero-order valence-electron chi connectivity index (χ0n) is 19.8. The molecule has 0 saturated heterocycles. The fourth-order valence-corrected chi connectivity index (χ4v) is 4.63. The highest BCUT2D eigenvalue weighted by Gasteiger charge is 2.29. The van der Waals surface area contributed by atoms with E-state index in [9.17, 15) is 14.7 Å². The number of amides is 1. The van der Waals surface area contributed by atoms with Crippen LogP contribution in [0.3, 0.4) is 0 Å². The lowest BCUT2D eigenvalue weighted by Crippen LogP contribution is -2.47. The molecule has 3 atom stereocenters. The van der Waals surface area contributed by atoms with Crippen LogP contribution in [0.25, 0.3) is 0 Å². The number of nitrogens with one attached hydrogen (secondary N) is 1. The lowest BCUT2D eigenvalue weighted by Gasteiger charge is -2.29. The minimum Gasteiger partial charge on any atom is -0.444 e. The second-order valence-corrected chi connectivity index (χ2v) is 10.4. The standard InChI is InChI=1S/C27H32N2O4S/c1-27(2,3)33-26(32)29-23(15-20-12-8-5-9-13-20)24(31)16-21(14-19-10-6-4-7-11-19)25-28-17-22(18-30)34-25/h4-13,17-18,21,23-24,31H,14-16H2,1-3H3,(H,29,32)/t21-,23+,24+/m1/s1. The van der Waals surface area contributed by atoms with Crippen LogP contribution in [-0.4, -0.2) is 40.2 Å². The number of hydrogen-bond donors (Lipinski definition) is 2. The minimum atomic E-state index is -0.856. The Balaban J connectivity index is 1.82. The van der Waals surface area contributed by atoms with Crippen molar-refractivity contribution in [3.8, 4) is 0 Å². The van der Waals surface area contributed by atoms with Gasteiger partial charge < -0.3 is 15.2 Å². The first kappa shape index (κ1) is 25.6. The molecule has 1 heterocycles. The molecule has 3 rings (SSSR count). The molecule has 0 unspecified atom stereocenters. The Morgan fingerprint density at radius 3 is 2.18 bits per heavy atom. The molecule has 0 bridgehead atoms. The van der Waals surface area contributed by atoms with Crippen molar-refractivity contribution in [1.82, 2.24) is 10.3 Å². The number of ether oxygens (including phenoxy) is 1. The third-order valence-corrected chi connectivity index (χ3v) is 6.41. The van der Waals surface area contributed by atoms with E-state index in [2.05, 4.69) is 10.3 Å². The van der Waals surface area contributed by atoms with Crippen molar-refractivity contribution in [1.29, 1.82) is 0 Å². The largest absolute Gasteiger partial charge is 0.444 e. The molecule has 6 nitrogen and oxygen atoms in total. The van der Waals surface area contributed by atoms with Gasteiger partial charge >= 0.3 is 6.09 Å². The lowest BCUT2D eigenvalue weighted by molar-refractivity contribution is 0.0405. The van der Waals surface area contributed by atoms with Crippen LogP contribution < -0.4 is 5.32 Å². The molecular formula is C27H32N2O4S. The molecule has 0 fully saturated rings. The van der Waals surface area contributed by atoms with E-state index in [1.54, 1.807) is 27.0 Å². The second kappa shape index (κ2) is 11.9. The van der Waals surface area contributed by atoms with Gasteiger partial charge in [-0.3, -0.25) is 4.79 Å². The molecule has 0 aliphatic carbocycles. The van der Waals surface area contributed by atoms with Gasteiger partial charge in [0.05, 0.1) is 22.0 Å². The average molecular weight is 481 g/mol. The van der Waals surface area contributed by atoms with Gasteiger partial charge in [-0.15, -0.1) is 11.3 Å². The first-order chi connectivity index (χ1) is 16.2. The van der Waals surface area contributed by atoms with Crippen LogP contribution in [0, 0.1) is 0 Å². The van der Waals surface area contributed by atoms with Crippen molar-refractivity contribution in [2.24, 2.45) is 0 Å². The van der Waals surface area contributed by atoms with Gasteiger partial charge in [0.15, 0.2) is 6.29 Å². The third-order valence-electron chi connectivity index (χ3n) is 5.32.